The highest BCUT2D eigenvalue weighted by atomic mass is 32.1. The second-order valence-electron chi connectivity index (χ2n) is 9.54. The summed E-state index contributed by atoms with van der Waals surface area (Å²) in [5.74, 6) is -0.168. The maximum atomic E-state index is 12.3. The first kappa shape index (κ1) is 25.6. The van der Waals surface area contributed by atoms with E-state index in [1.165, 1.54) is 11.1 Å². The quantitative estimate of drug-likeness (QED) is 0.248. The van der Waals surface area contributed by atoms with E-state index < -0.39 is 0 Å². The van der Waals surface area contributed by atoms with Crippen molar-refractivity contribution in [1.29, 1.82) is 0 Å². The standard InChI is InChI=1S/C29H35N3OS/c1-21(9-8-10-22(2)19-28(33)31-25-11-6-7-12-27(25)34)13-14-24-23(3)26(15-16-29(24,4)5)32-18-17-30-20-32/h6-14,17-20,26,34H,15-16H2,1-5H3,(H,31,33)/b10-8+,14-13+,21-9+,22-19+. The van der Waals surface area contributed by atoms with Crippen molar-refractivity contribution in [2.45, 2.75) is 58.4 Å². The Labute approximate surface area is 209 Å². The van der Waals surface area contributed by atoms with Crippen LogP contribution in [0.25, 0.3) is 0 Å². The summed E-state index contributed by atoms with van der Waals surface area (Å²) in [5.41, 5.74) is 5.67. The maximum Gasteiger partial charge on any atom is 0.248 e. The van der Waals surface area contributed by atoms with Gasteiger partial charge in [0, 0.05) is 23.4 Å². The Hall–Kier alpha value is -3.05. The smallest absolute Gasteiger partial charge is 0.248 e. The Morgan fingerprint density at radius 3 is 2.68 bits per heavy atom. The van der Waals surface area contributed by atoms with Crippen LogP contribution < -0.4 is 5.32 Å². The minimum absolute atomic E-state index is 0.145. The summed E-state index contributed by atoms with van der Waals surface area (Å²) in [6, 6.07) is 7.81. The molecule has 1 atom stereocenters. The van der Waals surface area contributed by atoms with Gasteiger partial charge >= 0.3 is 0 Å². The lowest BCUT2D eigenvalue weighted by atomic mass is 9.71. The van der Waals surface area contributed by atoms with E-state index in [4.69, 9.17) is 0 Å². The second kappa shape index (κ2) is 11.4. The number of rotatable bonds is 7. The molecule has 0 spiro atoms. The maximum absolute atomic E-state index is 12.3. The molecule has 0 aliphatic heterocycles. The zero-order valence-corrected chi connectivity index (χ0v) is 21.6. The van der Waals surface area contributed by atoms with Crippen LogP contribution in [0.3, 0.4) is 0 Å². The molecule has 34 heavy (non-hydrogen) atoms. The molecule has 5 heteroatoms. The van der Waals surface area contributed by atoms with Crippen LogP contribution in [-0.2, 0) is 4.79 Å². The minimum Gasteiger partial charge on any atom is -0.330 e. The summed E-state index contributed by atoms with van der Waals surface area (Å²) in [7, 11) is 0. The van der Waals surface area contributed by atoms with E-state index in [0.29, 0.717) is 11.7 Å². The number of amides is 1. The zero-order valence-electron chi connectivity index (χ0n) is 20.7. The fourth-order valence-corrected chi connectivity index (χ4v) is 4.59. The van der Waals surface area contributed by atoms with Gasteiger partial charge in [-0.2, -0.15) is 0 Å². The Morgan fingerprint density at radius 2 is 1.97 bits per heavy atom. The van der Waals surface area contributed by atoms with Gasteiger partial charge in [0.25, 0.3) is 0 Å². The fourth-order valence-electron chi connectivity index (χ4n) is 4.37. The first-order chi connectivity index (χ1) is 16.2. The number of hydrogen-bond acceptors (Lipinski definition) is 3. The fraction of sp³-hybridized carbons (Fsp3) is 0.310. The van der Waals surface area contributed by atoms with Crippen LogP contribution in [0.4, 0.5) is 5.69 Å². The summed E-state index contributed by atoms with van der Waals surface area (Å²) >= 11 is 4.37. The van der Waals surface area contributed by atoms with Gasteiger partial charge in [-0.1, -0.05) is 61.9 Å². The van der Waals surface area contributed by atoms with Crippen LogP contribution >= 0.6 is 12.6 Å². The lowest BCUT2D eigenvalue weighted by Crippen LogP contribution is -2.25. The predicted molar refractivity (Wildman–Crippen MR) is 145 cm³/mol. The van der Waals surface area contributed by atoms with E-state index in [-0.39, 0.29) is 11.3 Å². The Bertz CT molecular complexity index is 1160. The molecule has 1 amide bonds. The van der Waals surface area contributed by atoms with Crippen molar-refractivity contribution in [3.63, 3.8) is 0 Å². The summed E-state index contributed by atoms with van der Waals surface area (Å²) in [5, 5.41) is 2.86. The average molecular weight is 474 g/mol. The van der Waals surface area contributed by atoms with Gasteiger partial charge < -0.3 is 9.88 Å². The van der Waals surface area contributed by atoms with Crippen LogP contribution in [0.15, 0.2) is 107 Å². The topological polar surface area (TPSA) is 46.9 Å². The molecule has 0 fully saturated rings. The summed E-state index contributed by atoms with van der Waals surface area (Å²) in [6.07, 6.45) is 20.1. The van der Waals surface area contributed by atoms with Crippen LogP contribution in [0.5, 0.6) is 0 Å². The van der Waals surface area contributed by atoms with Crippen molar-refractivity contribution in [2.75, 3.05) is 5.32 Å². The van der Waals surface area contributed by atoms with Gasteiger partial charge in [-0.05, 0) is 67.9 Å². The average Bonchev–Trinajstić information content (AvgIpc) is 3.29. The van der Waals surface area contributed by atoms with Gasteiger partial charge in [-0.25, -0.2) is 4.98 Å². The molecule has 4 nitrogen and oxygen atoms in total. The first-order valence-electron chi connectivity index (χ1n) is 11.7. The number of imidazole rings is 1. The highest BCUT2D eigenvalue weighted by Gasteiger charge is 2.32. The minimum atomic E-state index is -0.168. The van der Waals surface area contributed by atoms with E-state index in [1.54, 1.807) is 6.08 Å². The predicted octanol–water partition coefficient (Wildman–Crippen LogP) is 7.49. The van der Waals surface area contributed by atoms with Crippen molar-refractivity contribution in [3.05, 3.63) is 102 Å². The third-order valence-corrected chi connectivity index (χ3v) is 6.72. The lowest BCUT2D eigenvalue weighted by Gasteiger charge is -2.37. The van der Waals surface area contributed by atoms with Gasteiger partial charge in [0.2, 0.25) is 5.91 Å². The molecule has 1 aromatic carbocycles. The van der Waals surface area contributed by atoms with Crippen LogP contribution in [0.2, 0.25) is 0 Å². The van der Waals surface area contributed by atoms with E-state index in [9.17, 15) is 4.79 Å². The highest BCUT2D eigenvalue weighted by Crippen LogP contribution is 2.45. The number of carbonyl (C=O) groups is 1. The third kappa shape index (κ3) is 6.73. The molecular weight excluding hydrogens is 438 g/mol. The summed E-state index contributed by atoms with van der Waals surface area (Å²) in [4.78, 5) is 17.2. The van der Waals surface area contributed by atoms with E-state index in [0.717, 1.165) is 28.9 Å². The molecule has 1 aliphatic carbocycles. The van der Waals surface area contributed by atoms with Gasteiger partial charge in [0.05, 0.1) is 18.1 Å². The number of carbonyl (C=O) groups excluding carboxylic acids is 1. The van der Waals surface area contributed by atoms with E-state index in [2.05, 4.69) is 79.6 Å². The number of hydrogen-bond donors (Lipinski definition) is 2. The molecule has 2 aromatic rings. The normalized spacial score (nSPS) is 19.3. The van der Waals surface area contributed by atoms with Gasteiger partial charge in [0.15, 0.2) is 0 Å². The summed E-state index contributed by atoms with van der Waals surface area (Å²) < 4.78 is 2.21. The number of thiol groups is 1. The SMILES string of the molecule is CC1=C(/C=C/C(C)=C/C=C/C(C)=C/C(=O)Nc2ccccc2S)C(C)(C)CCC1n1ccnc1. The number of nitrogens with zero attached hydrogens (tertiary/aromatic N) is 2. The van der Waals surface area contributed by atoms with Crippen LogP contribution in [0.1, 0.15) is 53.5 Å². The molecule has 0 saturated carbocycles. The van der Waals surface area contributed by atoms with Crippen molar-refractivity contribution < 1.29 is 4.79 Å². The molecule has 3 rings (SSSR count). The number of aromatic nitrogens is 2. The monoisotopic (exact) mass is 473 g/mol. The Morgan fingerprint density at radius 1 is 1.21 bits per heavy atom. The van der Waals surface area contributed by atoms with Gasteiger partial charge in [0.1, 0.15) is 0 Å². The molecule has 1 unspecified atom stereocenters. The third-order valence-electron chi connectivity index (χ3n) is 6.33. The van der Waals surface area contributed by atoms with E-state index in [1.807, 2.05) is 55.9 Å². The number of anilines is 1. The van der Waals surface area contributed by atoms with Crippen molar-refractivity contribution in [2.24, 2.45) is 5.41 Å². The lowest BCUT2D eigenvalue weighted by molar-refractivity contribution is -0.111. The second-order valence-corrected chi connectivity index (χ2v) is 10.0. The number of allylic oxidation sites excluding steroid dienone is 9. The van der Waals surface area contributed by atoms with Crippen LogP contribution in [0, 0.1) is 5.41 Å². The molecule has 178 valence electrons. The Balaban J connectivity index is 1.67. The molecule has 1 N–H and O–H groups in total. The number of para-hydroxylation sites is 1. The van der Waals surface area contributed by atoms with Gasteiger partial charge in [-0.3, -0.25) is 4.79 Å². The molecule has 1 heterocycles. The first-order valence-corrected chi connectivity index (χ1v) is 12.1. The molecule has 0 saturated heterocycles. The van der Waals surface area contributed by atoms with Crippen LogP contribution in [-0.4, -0.2) is 15.5 Å². The molecular formula is C29H35N3OS. The summed E-state index contributed by atoms with van der Waals surface area (Å²) in [6.45, 7) is 10.9. The molecule has 0 radical (unpaired) electrons. The highest BCUT2D eigenvalue weighted by molar-refractivity contribution is 7.80. The molecule has 1 aromatic heterocycles. The largest absolute Gasteiger partial charge is 0.330 e. The number of nitrogens with one attached hydrogen (secondary N) is 1. The zero-order chi connectivity index (χ0) is 24.7. The Kier molecular flexibility index (Phi) is 8.56. The van der Waals surface area contributed by atoms with Crippen molar-refractivity contribution in [1.82, 2.24) is 9.55 Å². The van der Waals surface area contributed by atoms with E-state index >= 15 is 0 Å². The number of benzene rings is 1. The molecule has 1 aliphatic rings. The molecule has 0 bridgehead atoms. The van der Waals surface area contributed by atoms with Gasteiger partial charge in [-0.15, -0.1) is 12.6 Å². The van der Waals surface area contributed by atoms with Crippen molar-refractivity contribution in [3.8, 4) is 0 Å². The van der Waals surface area contributed by atoms with Crippen molar-refractivity contribution >= 4 is 24.2 Å².